The van der Waals surface area contributed by atoms with Crippen LogP contribution >= 0.6 is 0 Å². The fourth-order valence-corrected chi connectivity index (χ4v) is 1.12. The predicted octanol–water partition coefficient (Wildman–Crippen LogP) is 0.915. The summed E-state index contributed by atoms with van der Waals surface area (Å²) in [6.45, 7) is 5.75. The third kappa shape index (κ3) is 2.30. The van der Waals surface area contributed by atoms with Gasteiger partial charge in [-0.3, -0.25) is 0 Å². The van der Waals surface area contributed by atoms with Gasteiger partial charge < -0.3 is 4.74 Å². The molecule has 1 fully saturated rings. The molecule has 0 aliphatic carbocycles. The summed E-state index contributed by atoms with van der Waals surface area (Å²) in [5.41, 5.74) is 0.978. The van der Waals surface area contributed by atoms with E-state index in [4.69, 9.17) is 4.74 Å². The lowest BCUT2D eigenvalue weighted by Crippen LogP contribution is -2.04. The molecule has 60 valence electrons. The number of rotatable bonds is 3. The molecule has 1 atom stereocenters. The summed E-state index contributed by atoms with van der Waals surface area (Å²) in [4.78, 5) is 13.2. The number of ether oxygens (including phenoxy) is 1. The van der Waals surface area contributed by atoms with Crippen molar-refractivity contribution in [1.82, 2.24) is 0 Å². The molecule has 0 N–H and O–H groups in total. The molecule has 0 aromatic heterocycles. The molecule has 1 unspecified atom stereocenters. The zero-order chi connectivity index (χ0) is 8.10. The van der Waals surface area contributed by atoms with Gasteiger partial charge in [-0.15, -0.1) is 0 Å². The van der Waals surface area contributed by atoms with Gasteiger partial charge in [0.25, 0.3) is 0 Å². The van der Waals surface area contributed by atoms with Crippen molar-refractivity contribution >= 4 is 6.08 Å². The minimum atomic E-state index is 0.395. The molecular weight excluding hydrogens is 142 g/mol. The average Bonchev–Trinajstić information content (AvgIpc) is 2.52. The summed E-state index contributed by atoms with van der Waals surface area (Å²) in [6, 6.07) is 0. The molecule has 0 radical (unpaired) electrons. The Morgan fingerprint density at radius 2 is 2.64 bits per heavy atom. The largest absolute Gasteiger partial charge is 0.381 e. The average molecular weight is 153 g/mol. The molecule has 1 heterocycles. The minimum absolute atomic E-state index is 0.395. The number of aliphatic imine (C=N–C) groups is 1. The molecule has 0 aromatic rings. The van der Waals surface area contributed by atoms with E-state index in [1.165, 1.54) is 6.08 Å². The van der Waals surface area contributed by atoms with Crippen LogP contribution in [0.5, 0.6) is 0 Å². The lowest BCUT2D eigenvalue weighted by atomic mass is 10.0. The number of carbonyl (C=O) groups excluding carboxylic acids is 1. The first kappa shape index (κ1) is 8.18. The standard InChI is InChI=1S/C8H11NO2/c1-7(4-9-6-10)8-2-3-11-5-8/h8H,1-5H2. The number of hydrogen-bond donors (Lipinski definition) is 0. The van der Waals surface area contributed by atoms with Gasteiger partial charge in [-0.25, -0.2) is 9.79 Å². The van der Waals surface area contributed by atoms with Crippen molar-refractivity contribution < 1.29 is 9.53 Å². The maximum Gasteiger partial charge on any atom is 0.235 e. The highest BCUT2D eigenvalue weighted by Crippen LogP contribution is 2.19. The molecule has 3 nitrogen and oxygen atoms in total. The van der Waals surface area contributed by atoms with Crippen molar-refractivity contribution in [1.29, 1.82) is 0 Å². The van der Waals surface area contributed by atoms with Gasteiger partial charge in [0, 0.05) is 12.5 Å². The van der Waals surface area contributed by atoms with Crippen LogP contribution in [0.15, 0.2) is 17.1 Å². The fraction of sp³-hybridized carbons (Fsp3) is 0.625. The molecular formula is C8H11NO2. The summed E-state index contributed by atoms with van der Waals surface area (Å²) in [7, 11) is 0. The normalized spacial score (nSPS) is 22.7. The third-order valence-electron chi connectivity index (χ3n) is 1.85. The highest BCUT2D eigenvalue weighted by molar-refractivity contribution is 5.33. The van der Waals surface area contributed by atoms with Gasteiger partial charge in [-0.05, 0) is 12.0 Å². The van der Waals surface area contributed by atoms with Gasteiger partial charge in [0.15, 0.2) is 0 Å². The van der Waals surface area contributed by atoms with Crippen LogP contribution in [0.3, 0.4) is 0 Å². The van der Waals surface area contributed by atoms with Gasteiger partial charge in [0.2, 0.25) is 6.08 Å². The molecule has 1 aliphatic heterocycles. The van der Waals surface area contributed by atoms with Crippen LogP contribution in [0.1, 0.15) is 6.42 Å². The molecule has 1 saturated heterocycles. The van der Waals surface area contributed by atoms with E-state index in [0.29, 0.717) is 12.5 Å². The molecule has 1 aliphatic rings. The SMILES string of the molecule is C=C(CN=C=O)C1CCOC1. The quantitative estimate of drug-likeness (QED) is 0.343. The number of isocyanates is 1. The third-order valence-corrected chi connectivity index (χ3v) is 1.85. The second kappa shape index (κ2) is 4.06. The summed E-state index contributed by atoms with van der Waals surface area (Å²) < 4.78 is 5.16. The van der Waals surface area contributed by atoms with E-state index in [-0.39, 0.29) is 0 Å². The second-order valence-corrected chi connectivity index (χ2v) is 2.63. The lowest BCUT2D eigenvalue weighted by Gasteiger charge is -2.06. The smallest absolute Gasteiger partial charge is 0.235 e. The van der Waals surface area contributed by atoms with E-state index in [9.17, 15) is 4.79 Å². The molecule has 11 heavy (non-hydrogen) atoms. The van der Waals surface area contributed by atoms with Crippen molar-refractivity contribution in [3.63, 3.8) is 0 Å². The van der Waals surface area contributed by atoms with Gasteiger partial charge in [-0.1, -0.05) is 6.58 Å². The van der Waals surface area contributed by atoms with E-state index < -0.39 is 0 Å². The van der Waals surface area contributed by atoms with Crippen LogP contribution in [0.4, 0.5) is 0 Å². The van der Waals surface area contributed by atoms with Gasteiger partial charge in [0.05, 0.1) is 13.2 Å². The Kier molecular flexibility index (Phi) is 3.02. The Balaban J connectivity index is 2.34. The van der Waals surface area contributed by atoms with E-state index in [1.807, 2.05) is 0 Å². The van der Waals surface area contributed by atoms with Crippen LogP contribution in [-0.2, 0) is 9.53 Å². The molecule has 3 heteroatoms. The summed E-state index contributed by atoms with van der Waals surface area (Å²) in [5.74, 6) is 0.395. The van der Waals surface area contributed by atoms with Gasteiger partial charge >= 0.3 is 0 Å². The Hall–Kier alpha value is -0.920. The predicted molar refractivity (Wildman–Crippen MR) is 41.1 cm³/mol. The highest BCUT2D eigenvalue weighted by atomic mass is 16.5. The lowest BCUT2D eigenvalue weighted by molar-refractivity contribution is 0.190. The molecule has 0 spiro atoms. The van der Waals surface area contributed by atoms with Crippen LogP contribution in [0.25, 0.3) is 0 Å². The van der Waals surface area contributed by atoms with E-state index in [2.05, 4.69) is 11.6 Å². The van der Waals surface area contributed by atoms with Crippen molar-refractivity contribution in [3.05, 3.63) is 12.2 Å². The van der Waals surface area contributed by atoms with Crippen LogP contribution in [-0.4, -0.2) is 25.8 Å². The Labute approximate surface area is 65.8 Å². The molecule has 0 amide bonds. The zero-order valence-electron chi connectivity index (χ0n) is 6.38. The van der Waals surface area contributed by atoms with Crippen molar-refractivity contribution in [2.24, 2.45) is 10.9 Å². The molecule has 0 saturated carbocycles. The molecule has 1 rings (SSSR count). The second-order valence-electron chi connectivity index (χ2n) is 2.63. The van der Waals surface area contributed by atoms with E-state index in [1.54, 1.807) is 0 Å². The maximum atomic E-state index is 9.76. The summed E-state index contributed by atoms with van der Waals surface area (Å²) in [6.07, 6.45) is 2.50. The van der Waals surface area contributed by atoms with E-state index >= 15 is 0 Å². The summed E-state index contributed by atoms with van der Waals surface area (Å²) >= 11 is 0. The first-order chi connectivity index (χ1) is 5.34. The van der Waals surface area contributed by atoms with E-state index in [0.717, 1.165) is 25.2 Å². The first-order valence-electron chi connectivity index (χ1n) is 3.63. The Morgan fingerprint density at radius 3 is 3.18 bits per heavy atom. The van der Waals surface area contributed by atoms with Crippen molar-refractivity contribution in [3.8, 4) is 0 Å². The Morgan fingerprint density at radius 1 is 1.82 bits per heavy atom. The topological polar surface area (TPSA) is 38.7 Å². The van der Waals surface area contributed by atoms with Crippen LogP contribution in [0, 0.1) is 5.92 Å². The van der Waals surface area contributed by atoms with Crippen molar-refractivity contribution in [2.75, 3.05) is 19.8 Å². The maximum absolute atomic E-state index is 9.76. The monoisotopic (exact) mass is 153 g/mol. The van der Waals surface area contributed by atoms with Crippen molar-refractivity contribution in [2.45, 2.75) is 6.42 Å². The zero-order valence-corrected chi connectivity index (χ0v) is 6.38. The number of nitrogens with zero attached hydrogens (tertiary/aromatic N) is 1. The van der Waals surface area contributed by atoms with Crippen LogP contribution in [0.2, 0.25) is 0 Å². The first-order valence-corrected chi connectivity index (χ1v) is 3.63. The molecule has 0 bridgehead atoms. The number of hydrogen-bond acceptors (Lipinski definition) is 3. The highest BCUT2D eigenvalue weighted by Gasteiger charge is 2.17. The summed E-state index contributed by atoms with van der Waals surface area (Å²) in [5, 5.41) is 0. The minimum Gasteiger partial charge on any atom is -0.381 e. The van der Waals surface area contributed by atoms with Crippen LogP contribution < -0.4 is 0 Å². The fourth-order valence-electron chi connectivity index (χ4n) is 1.12. The van der Waals surface area contributed by atoms with Gasteiger partial charge in [-0.2, -0.15) is 0 Å². The van der Waals surface area contributed by atoms with Gasteiger partial charge in [0.1, 0.15) is 0 Å². The Bertz CT molecular complexity index is 188. The molecule has 0 aromatic carbocycles.